The van der Waals surface area contributed by atoms with E-state index in [1.807, 2.05) is 6.92 Å². The van der Waals surface area contributed by atoms with Crippen LogP contribution in [-0.2, 0) is 11.3 Å². The molecule has 1 saturated carbocycles. The molecule has 16 heavy (non-hydrogen) atoms. The molecule has 2 rings (SSSR count). The van der Waals surface area contributed by atoms with Crippen LogP contribution in [0.25, 0.3) is 0 Å². The second-order valence-corrected chi connectivity index (χ2v) is 4.44. The summed E-state index contributed by atoms with van der Waals surface area (Å²) >= 11 is 0. The van der Waals surface area contributed by atoms with Crippen molar-refractivity contribution < 1.29 is 9.18 Å². The van der Waals surface area contributed by atoms with Gasteiger partial charge in [0.15, 0.2) is 0 Å². The van der Waals surface area contributed by atoms with Gasteiger partial charge in [-0.3, -0.25) is 4.79 Å². The summed E-state index contributed by atoms with van der Waals surface area (Å²) in [6.45, 7) is 2.22. The first kappa shape index (κ1) is 11.1. The largest absolute Gasteiger partial charge is 0.352 e. The predicted octanol–water partition coefficient (Wildman–Crippen LogP) is 2.49. The quantitative estimate of drug-likeness (QED) is 0.831. The van der Waals surface area contributed by atoms with Crippen molar-refractivity contribution in [1.82, 2.24) is 5.32 Å². The molecule has 1 amide bonds. The minimum Gasteiger partial charge on any atom is -0.352 e. The van der Waals surface area contributed by atoms with Gasteiger partial charge in [-0.1, -0.05) is 25.1 Å². The van der Waals surface area contributed by atoms with Gasteiger partial charge in [0.25, 0.3) is 0 Å². The molecule has 1 aromatic rings. The van der Waals surface area contributed by atoms with E-state index in [0.717, 1.165) is 12.8 Å². The molecule has 0 radical (unpaired) electrons. The van der Waals surface area contributed by atoms with Crippen LogP contribution >= 0.6 is 0 Å². The zero-order valence-electron chi connectivity index (χ0n) is 9.37. The normalized spacial score (nSPS) is 16.9. The molecule has 0 heterocycles. The number of amides is 1. The van der Waals surface area contributed by atoms with Gasteiger partial charge in [0.2, 0.25) is 5.91 Å². The number of nitrogens with one attached hydrogen (secondary N) is 1. The average molecular weight is 221 g/mol. The molecule has 86 valence electrons. The summed E-state index contributed by atoms with van der Waals surface area (Å²) in [5, 5.41) is 2.78. The summed E-state index contributed by atoms with van der Waals surface area (Å²) in [6.07, 6.45) is 2.29. The summed E-state index contributed by atoms with van der Waals surface area (Å²) in [5.74, 6) is 0.375. The van der Waals surface area contributed by atoms with Crippen molar-refractivity contribution in [2.24, 2.45) is 11.8 Å². The second-order valence-electron chi connectivity index (χ2n) is 4.44. The highest BCUT2D eigenvalue weighted by atomic mass is 19.1. The molecule has 1 unspecified atom stereocenters. The molecule has 1 aliphatic carbocycles. The lowest BCUT2D eigenvalue weighted by Gasteiger charge is -2.11. The van der Waals surface area contributed by atoms with Gasteiger partial charge in [0.1, 0.15) is 5.82 Å². The van der Waals surface area contributed by atoms with Crippen LogP contribution in [0.1, 0.15) is 25.3 Å². The van der Waals surface area contributed by atoms with E-state index >= 15 is 0 Å². The van der Waals surface area contributed by atoms with E-state index in [1.54, 1.807) is 18.2 Å². The Balaban J connectivity index is 1.87. The Morgan fingerprint density at radius 1 is 1.50 bits per heavy atom. The highest BCUT2D eigenvalue weighted by Gasteiger charge is 2.32. The molecule has 0 saturated heterocycles. The fourth-order valence-electron chi connectivity index (χ4n) is 1.80. The van der Waals surface area contributed by atoms with Crippen LogP contribution in [0, 0.1) is 17.7 Å². The van der Waals surface area contributed by atoms with E-state index in [2.05, 4.69) is 5.32 Å². The maximum atomic E-state index is 13.3. The van der Waals surface area contributed by atoms with Crippen molar-refractivity contribution in [3.05, 3.63) is 35.6 Å². The van der Waals surface area contributed by atoms with Crippen molar-refractivity contribution in [3.63, 3.8) is 0 Å². The maximum absolute atomic E-state index is 13.3. The van der Waals surface area contributed by atoms with Crippen molar-refractivity contribution in [3.8, 4) is 0 Å². The smallest absolute Gasteiger partial charge is 0.223 e. The molecule has 0 aromatic heterocycles. The van der Waals surface area contributed by atoms with Gasteiger partial charge >= 0.3 is 0 Å². The molecule has 1 atom stereocenters. The number of hydrogen-bond donors (Lipinski definition) is 1. The zero-order valence-corrected chi connectivity index (χ0v) is 9.37. The van der Waals surface area contributed by atoms with Crippen LogP contribution in [0.5, 0.6) is 0 Å². The number of hydrogen-bond acceptors (Lipinski definition) is 1. The molecule has 2 nitrogen and oxygen atoms in total. The first-order chi connectivity index (χ1) is 7.68. The van der Waals surface area contributed by atoms with Gasteiger partial charge in [-0.05, 0) is 24.8 Å². The first-order valence-corrected chi connectivity index (χ1v) is 5.69. The number of benzene rings is 1. The molecule has 0 bridgehead atoms. The van der Waals surface area contributed by atoms with E-state index in [4.69, 9.17) is 0 Å². The van der Waals surface area contributed by atoms with Gasteiger partial charge < -0.3 is 5.32 Å². The average Bonchev–Trinajstić information content (AvgIpc) is 3.10. The second kappa shape index (κ2) is 4.64. The van der Waals surface area contributed by atoms with Crippen LogP contribution < -0.4 is 5.32 Å². The molecule has 1 aliphatic rings. The number of carbonyl (C=O) groups excluding carboxylic acids is 1. The predicted molar refractivity (Wildman–Crippen MR) is 60.1 cm³/mol. The van der Waals surface area contributed by atoms with E-state index in [1.165, 1.54) is 6.07 Å². The third-order valence-corrected chi connectivity index (χ3v) is 3.15. The minimum absolute atomic E-state index is 0.0331. The van der Waals surface area contributed by atoms with E-state index < -0.39 is 0 Å². The van der Waals surface area contributed by atoms with E-state index in [-0.39, 0.29) is 24.2 Å². The van der Waals surface area contributed by atoms with Crippen LogP contribution in [-0.4, -0.2) is 5.91 Å². The third kappa shape index (κ3) is 2.60. The van der Waals surface area contributed by atoms with Crippen LogP contribution in [0.4, 0.5) is 4.39 Å². The Kier molecular flexibility index (Phi) is 3.22. The van der Waals surface area contributed by atoms with E-state index in [0.29, 0.717) is 11.5 Å². The Labute approximate surface area is 94.9 Å². The molecular formula is C13H16FNO. The number of halogens is 1. The summed E-state index contributed by atoms with van der Waals surface area (Å²) in [4.78, 5) is 11.7. The Bertz CT molecular complexity index is 387. The topological polar surface area (TPSA) is 29.1 Å². The van der Waals surface area contributed by atoms with Crippen molar-refractivity contribution >= 4 is 5.91 Å². The Morgan fingerprint density at radius 2 is 2.19 bits per heavy atom. The highest BCUT2D eigenvalue weighted by Crippen LogP contribution is 2.36. The summed E-state index contributed by atoms with van der Waals surface area (Å²) < 4.78 is 13.3. The van der Waals surface area contributed by atoms with Crippen LogP contribution in [0.15, 0.2) is 24.3 Å². The molecule has 0 spiro atoms. The zero-order chi connectivity index (χ0) is 11.5. The lowest BCUT2D eigenvalue weighted by molar-refractivity contribution is -0.125. The van der Waals surface area contributed by atoms with Gasteiger partial charge in [-0.25, -0.2) is 4.39 Å². The van der Waals surface area contributed by atoms with Gasteiger partial charge in [-0.2, -0.15) is 0 Å². The summed E-state index contributed by atoms with van der Waals surface area (Å²) in [5.41, 5.74) is 0.541. The van der Waals surface area contributed by atoms with Gasteiger partial charge in [0, 0.05) is 18.0 Å². The lowest BCUT2D eigenvalue weighted by Crippen LogP contribution is -2.30. The van der Waals surface area contributed by atoms with Gasteiger partial charge in [-0.15, -0.1) is 0 Å². The number of rotatable bonds is 4. The van der Waals surface area contributed by atoms with Crippen molar-refractivity contribution in [1.29, 1.82) is 0 Å². The standard InChI is InChI=1S/C13H16FNO/c1-9(10-6-7-10)13(16)15-8-11-4-2-3-5-12(11)14/h2-5,9-10H,6-8H2,1H3,(H,15,16). The van der Waals surface area contributed by atoms with Crippen molar-refractivity contribution in [2.45, 2.75) is 26.3 Å². The fraction of sp³-hybridized carbons (Fsp3) is 0.462. The Morgan fingerprint density at radius 3 is 2.81 bits per heavy atom. The molecule has 1 N–H and O–H groups in total. The first-order valence-electron chi connectivity index (χ1n) is 5.69. The van der Waals surface area contributed by atoms with Crippen LogP contribution in [0.3, 0.4) is 0 Å². The summed E-state index contributed by atoms with van der Waals surface area (Å²) in [6, 6.07) is 6.52. The number of carbonyl (C=O) groups is 1. The fourth-order valence-corrected chi connectivity index (χ4v) is 1.80. The Hall–Kier alpha value is -1.38. The van der Waals surface area contributed by atoms with E-state index in [9.17, 15) is 9.18 Å². The molecular weight excluding hydrogens is 205 g/mol. The molecule has 1 aromatic carbocycles. The van der Waals surface area contributed by atoms with Crippen LogP contribution in [0.2, 0.25) is 0 Å². The summed E-state index contributed by atoms with van der Waals surface area (Å²) in [7, 11) is 0. The molecule has 1 fully saturated rings. The SMILES string of the molecule is CC(C(=O)NCc1ccccc1F)C1CC1. The third-order valence-electron chi connectivity index (χ3n) is 3.15. The van der Waals surface area contributed by atoms with Crippen molar-refractivity contribution in [2.75, 3.05) is 0 Å². The molecule has 0 aliphatic heterocycles. The van der Waals surface area contributed by atoms with Gasteiger partial charge in [0.05, 0.1) is 0 Å². The minimum atomic E-state index is -0.262. The maximum Gasteiger partial charge on any atom is 0.223 e. The monoisotopic (exact) mass is 221 g/mol. The molecule has 3 heteroatoms. The highest BCUT2D eigenvalue weighted by molar-refractivity contribution is 5.78. The lowest BCUT2D eigenvalue weighted by atomic mass is 10.1.